The van der Waals surface area contributed by atoms with Crippen LogP contribution in [-0.4, -0.2) is 23.6 Å². The molecule has 130 valence electrons. The van der Waals surface area contributed by atoms with Gasteiger partial charge in [-0.15, -0.1) is 0 Å². The molecule has 1 spiro atoms. The second-order valence-electron chi connectivity index (χ2n) is 8.77. The SMILES string of the molecule is CC(=O)OC1CCC2(C)C(CCC(C)C23CCC(=O)O3)C1(C)C. The van der Waals surface area contributed by atoms with E-state index in [1.54, 1.807) is 0 Å². The van der Waals surface area contributed by atoms with Gasteiger partial charge in [-0.2, -0.15) is 0 Å². The lowest BCUT2D eigenvalue weighted by Gasteiger charge is -2.63. The fraction of sp³-hybridized carbons (Fsp3) is 0.895. The van der Waals surface area contributed by atoms with E-state index in [0.29, 0.717) is 18.3 Å². The molecule has 0 N–H and O–H groups in total. The van der Waals surface area contributed by atoms with Crippen molar-refractivity contribution in [3.8, 4) is 0 Å². The highest BCUT2D eigenvalue weighted by atomic mass is 16.6. The third-order valence-corrected chi connectivity index (χ3v) is 7.38. The summed E-state index contributed by atoms with van der Waals surface area (Å²) in [6.45, 7) is 10.5. The highest BCUT2D eigenvalue weighted by Crippen LogP contribution is 2.66. The molecule has 3 fully saturated rings. The van der Waals surface area contributed by atoms with Gasteiger partial charge < -0.3 is 9.47 Å². The molecule has 5 atom stereocenters. The fourth-order valence-electron chi connectivity index (χ4n) is 6.19. The molecule has 1 heterocycles. The molecule has 5 unspecified atom stereocenters. The minimum Gasteiger partial charge on any atom is -0.462 e. The van der Waals surface area contributed by atoms with Crippen molar-refractivity contribution in [2.75, 3.05) is 0 Å². The highest BCUT2D eigenvalue weighted by Gasteiger charge is 2.67. The van der Waals surface area contributed by atoms with E-state index >= 15 is 0 Å². The van der Waals surface area contributed by atoms with Crippen LogP contribution in [0.5, 0.6) is 0 Å². The summed E-state index contributed by atoms with van der Waals surface area (Å²) in [6.07, 6.45) is 5.34. The molecule has 23 heavy (non-hydrogen) atoms. The van der Waals surface area contributed by atoms with Gasteiger partial charge in [0.15, 0.2) is 0 Å². The van der Waals surface area contributed by atoms with Crippen molar-refractivity contribution in [1.82, 2.24) is 0 Å². The molecule has 1 aliphatic heterocycles. The summed E-state index contributed by atoms with van der Waals surface area (Å²) in [5.41, 5.74) is -0.455. The van der Waals surface area contributed by atoms with Gasteiger partial charge in [0, 0.05) is 24.2 Å². The second kappa shape index (κ2) is 5.22. The number of ether oxygens (including phenoxy) is 2. The molecule has 3 rings (SSSR count). The number of carbonyl (C=O) groups excluding carboxylic acids is 2. The zero-order chi connectivity index (χ0) is 17.0. The van der Waals surface area contributed by atoms with Crippen LogP contribution in [-0.2, 0) is 19.1 Å². The van der Waals surface area contributed by atoms with Gasteiger partial charge in [-0.1, -0.05) is 27.7 Å². The molecule has 0 aromatic rings. The maximum absolute atomic E-state index is 12.0. The van der Waals surface area contributed by atoms with Gasteiger partial charge in [-0.05, 0) is 43.9 Å². The molecule has 2 aliphatic carbocycles. The first-order valence-corrected chi connectivity index (χ1v) is 9.02. The first kappa shape index (κ1) is 16.8. The van der Waals surface area contributed by atoms with Gasteiger partial charge in [0.1, 0.15) is 11.7 Å². The second-order valence-corrected chi connectivity index (χ2v) is 8.77. The molecule has 0 radical (unpaired) electrons. The molecule has 1 saturated heterocycles. The van der Waals surface area contributed by atoms with Crippen LogP contribution in [0.1, 0.15) is 73.1 Å². The van der Waals surface area contributed by atoms with E-state index in [9.17, 15) is 9.59 Å². The Bertz CT molecular complexity index is 525. The summed E-state index contributed by atoms with van der Waals surface area (Å²) in [5, 5.41) is 0. The number of hydrogen-bond acceptors (Lipinski definition) is 4. The minimum absolute atomic E-state index is 0.0308. The molecule has 0 bridgehead atoms. The van der Waals surface area contributed by atoms with Gasteiger partial charge >= 0.3 is 11.9 Å². The summed E-state index contributed by atoms with van der Waals surface area (Å²) in [6, 6.07) is 0. The zero-order valence-corrected chi connectivity index (χ0v) is 15.1. The van der Waals surface area contributed by atoms with E-state index in [4.69, 9.17) is 9.47 Å². The Balaban J connectivity index is 1.98. The van der Waals surface area contributed by atoms with Crippen molar-refractivity contribution in [1.29, 1.82) is 0 Å². The topological polar surface area (TPSA) is 52.6 Å². The predicted octanol–water partition coefficient (Wildman–Crippen LogP) is 3.87. The van der Waals surface area contributed by atoms with Crippen LogP contribution < -0.4 is 0 Å². The first-order chi connectivity index (χ1) is 10.6. The van der Waals surface area contributed by atoms with Crippen LogP contribution in [0.2, 0.25) is 0 Å². The molecular weight excluding hydrogens is 292 g/mol. The normalized spacial score (nSPS) is 45.4. The Hall–Kier alpha value is -1.06. The summed E-state index contributed by atoms with van der Waals surface area (Å²) in [5.74, 6) is 0.558. The Morgan fingerprint density at radius 3 is 2.43 bits per heavy atom. The number of esters is 2. The highest BCUT2D eigenvalue weighted by molar-refractivity contribution is 5.72. The molecule has 3 aliphatic rings. The smallest absolute Gasteiger partial charge is 0.306 e. The lowest BCUT2D eigenvalue weighted by molar-refractivity contribution is -0.235. The minimum atomic E-state index is -0.328. The lowest BCUT2D eigenvalue weighted by atomic mass is 9.44. The van der Waals surface area contributed by atoms with E-state index in [0.717, 1.165) is 32.1 Å². The largest absolute Gasteiger partial charge is 0.462 e. The number of fused-ring (bicyclic) bond motifs is 2. The van der Waals surface area contributed by atoms with Crippen LogP contribution in [0.4, 0.5) is 0 Å². The monoisotopic (exact) mass is 322 g/mol. The Morgan fingerprint density at radius 2 is 1.87 bits per heavy atom. The predicted molar refractivity (Wildman–Crippen MR) is 86.6 cm³/mol. The van der Waals surface area contributed by atoms with E-state index < -0.39 is 0 Å². The van der Waals surface area contributed by atoms with Gasteiger partial charge in [0.25, 0.3) is 0 Å². The van der Waals surface area contributed by atoms with Crippen LogP contribution in [0.15, 0.2) is 0 Å². The zero-order valence-electron chi connectivity index (χ0n) is 15.1. The van der Waals surface area contributed by atoms with E-state index in [1.807, 2.05) is 0 Å². The third-order valence-electron chi connectivity index (χ3n) is 7.38. The average molecular weight is 322 g/mol. The van der Waals surface area contributed by atoms with Crippen LogP contribution in [0.25, 0.3) is 0 Å². The molecule has 4 nitrogen and oxygen atoms in total. The Morgan fingerprint density at radius 1 is 1.17 bits per heavy atom. The van der Waals surface area contributed by atoms with Crippen molar-refractivity contribution in [2.24, 2.45) is 22.7 Å². The number of hydrogen-bond donors (Lipinski definition) is 0. The molecule has 0 amide bonds. The summed E-state index contributed by atoms with van der Waals surface area (Å²) < 4.78 is 11.7. The Labute approximate surface area is 139 Å². The fourth-order valence-corrected chi connectivity index (χ4v) is 6.19. The number of rotatable bonds is 1. The van der Waals surface area contributed by atoms with Crippen molar-refractivity contribution in [2.45, 2.75) is 84.8 Å². The van der Waals surface area contributed by atoms with Crippen molar-refractivity contribution < 1.29 is 19.1 Å². The molecule has 0 aromatic heterocycles. The average Bonchev–Trinajstić information content (AvgIpc) is 2.83. The van der Waals surface area contributed by atoms with Gasteiger partial charge in [0.05, 0.1) is 0 Å². The van der Waals surface area contributed by atoms with Crippen LogP contribution in [0.3, 0.4) is 0 Å². The Kier molecular flexibility index (Phi) is 3.81. The van der Waals surface area contributed by atoms with Gasteiger partial charge in [-0.3, -0.25) is 9.59 Å². The quantitative estimate of drug-likeness (QED) is 0.688. The molecule has 0 aromatic carbocycles. The van der Waals surface area contributed by atoms with E-state index in [-0.39, 0.29) is 34.5 Å². The summed E-state index contributed by atoms with van der Waals surface area (Å²) in [7, 11) is 0. The summed E-state index contributed by atoms with van der Waals surface area (Å²) in [4.78, 5) is 23.5. The summed E-state index contributed by atoms with van der Waals surface area (Å²) >= 11 is 0. The standard InChI is InChI=1S/C19H30O4/c1-12-6-7-14-17(3,4)15(22-13(2)20)8-10-18(14,5)19(12)11-9-16(21)23-19/h12,14-15H,6-11H2,1-5H3. The lowest BCUT2D eigenvalue weighted by Crippen LogP contribution is -2.64. The molecule has 2 saturated carbocycles. The van der Waals surface area contributed by atoms with Crippen LogP contribution >= 0.6 is 0 Å². The van der Waals surface area contributed by atoms with E-state index in [1.165, 1.54) is 6.92 Å². The third kappa shape index (κ3) is 2.24. The first-order valence-electron chi connectivity index (χ1n) is 9.02. The van der Waals surface area contributed by atoms with Crippen LogP contribution in [0, 0.1) is 22.7 Å². The van der Waals surface area contributed by atoms with Crippen molar-refractivity contribution in [3.05, 3.63) is 0 Å². The molecular formula is C19H30O4. The van der Waals surface area contributed by atoms with Gasteiger partial charge in [-0.25, -0.2) is 0 Å². The van der Waals surface area contributed by atoms with Gasteiger partial charge in [0.2, 0.25) is 0 Å². The molecule has 4 heteroatoms. The van der Waals surface area contributed by atoms with Crippen molar-refractivity contribution >= 4 is 11.9 Å². The van der Waals surface area contributed by atoms with E-state index in [2.05, 4.69) is 27.7 Å². The van der Waals surface area contributed by atoms with Crippen molar-refractivity contribution in [3.63, 3.8) is 0 Å². The number of carbonyl (C=O) groups is 2. The maximum Gasteiger partial charge on any atom is 0.306 e. The maximum atomic E-state index is 12.0.